The highest BCUT2D eigenvalue weighted by atomic mass is 32.9. The number of nitro groups is 1. The van der Waals surface area contributed by atoms with Gasteiger partial charge < -0.3 is 9.05 Å². The van der Waals surface area contributed by atoms with Gasteiger partial charge in [0.25, 0.3) is 11.4 Å². The summed E-state index contributed by atoms with van der Waals surface area (Å²) in [6.07, 6.45) is -0.225. The largest absolute Gasteiger partial charge is 0.436 e. The minimum atomic E-state index is -2.69. The summed E-state index contributed by atoms with van der Waals surface area (Å²) < 4.78 is 12.4. The van der Waals surface area contributed by atoms with Gasteiger partial charge in [0.2, 0.25) is 0 Å². The highest BCUT2D eigenvalue weighted by Gasteiger charge is 2.44. The molecule has 1 unspecified atom stereocenters. The van der Waals surface area contributed by atoms with Crippen LogP contribution in [0.3, 0.4) is 0 Å². The predicted octanol–water partition coefficient (Wildman–Crippen LogP) is 6.44. The molecule has 142 valence electrons. The molecule has 0 radical (unpaired) electrons. The van der Waals surface area contributed by atoms with Crippen LogP contribution >= 0.6 is 17.1 Å². The van der Waals surface area contributed by atoms with Crippen molar-refractivity contribution in [1.29, 1.82) is 0 Å². The van der Waals surface area contributed by atoms with Crippen LogP contribution in [0.2, 0.25) is 0 Å². The number of hydrogen-bond donors (Lipinski definition) is 0. The number of rotatable bonds is 5. The van der Waals surface area contributed by atoms with E-state index in [0.717, 1.165) is 11.1 Å². The van der Waals surface area contributed by atoms with E-state index in [2.05, 4.69) is 12.1 Å². The predicted molar refractivity (Wildman–Crippen MR) is 115 cm³/mol. The highest BCUT2D eigenvalue weighted by Crippen LogP contribution is 2.76. The summed E-state index contributed by atoms with van der Waals surface area (Å²) in [6.45, 7) is 0. The fourth-order valence-electron chi connectivity index (χ4n) is 2.97. The quantitative estimate of drug-likeness (QED) is 0.264. The van der Waals surface area contributed by atoms with Gasteiger partial charge in [0.15, 0.2) is 0 Å². The van der Waals surface area contributed by atoms with Crippen molar-refractivity contribution in [2.45, 2.75) is 11.4 Å². The van der Waals surface area contributed by atoms with E-state index < -0.39 is 10.6 Å². The van der Waals surface area contributed by atoms with E-state index in [4.69, 9.17) is 20.9 Å². The van der Waals surface area contributed by atoms with Gasteiger partial charge in [0, 0.05) is 12.1 Å². The van der Waals surface area contributed by atoms with Gasteiger partial charge >= 0.3 is 0 Å². The standard InChI is InChI=1S/C20H16NO4PS2/c22-21(23)17-11-13-18(14-12-17)24-26(27)25-19(15-7-3-1-4-8-15)20(28-26)16-9-5-2-6-10-16/h1-14,19-20H/t19-,20+,26?/m1/s1. The molecule has 0 amide bonds. The smallest absolute Gasteiger partial charge is 0.298 e. The van der Waals surface area contributed by atoms with Crippen LogP contribution in [0.15, 0.2) is 84.9 Å². The van der Waals surface area contributed by atoms with Gasteiger partial charge in [0.05, 0.1) is 10.2 Å². The lowest BCUT2D eigenvalue weighted by Crippen LogP contribution is -2.04. The summed E-state index contributed by atoms with van der Waals surface area (Å²) in [5.41, 5.74) is -0.516. The van der Waals surface area contributed by atoms with E-state index >= 15 is 0 Å². The molecule has 3 atom stereocenters. The van der Waals surface area contributed by atoms with Crippen LogP contribution < -0.4 is 4.52 Å². The molecule has 3 aromatic rings. The molecule has 0 saturated carbocycles. The van der Waals surface area contributed by atoms with Crippen LogP contribution in [0, 0.1) is 10.1 Å². The molecule has 0 spiro atoms. The average Bonchev–Trinajstić information content (AvgIpc) is 3.07. The third kappa shape index (κ3) is 4.13. The second kappa shape index (κ2) is 8.05. The van der Waals surface area contributed by atoms with E-state index in [0.29, 0.717) is 5.75 Å². The maximum atomic E-state index is 10.8. The molecular formula is C20H16NO4PS2. The van der Waals surface area contributed by atoms with Gasteiger partial charge in [-0.3, -0.25) is 10.1 Å². The van der Waals surface area contributed by atoms with Gasteiger partial charge in [-0.15, -0.1) is 0 Å². The van der Waals surface area contributed by atoms with E-state index in [-0.39, 0.29) is 17.0 Å². The summed E-state index contributed by atoms with van der Waals surface area (Å²) in [5, 5.41) is 10.8. The molecule has 3 aromatic carbocycles. The zero-order chi connectivity index (χ0) is 19.6. The molecule has 28 heavy (non-hydrogen) atoms. The molecule has 0 N–H and O–H groups in total. The molecule has 0 aromatic heterocycles. The monoisotopic (exact) mass is 429 g/mol. The van der Waals surface area contributed by atoms with E-state index in [1.54, 1.807) is 12.1 Å². The van der Waals surface area contributed by atoms with Crippen molar-refractivity contribution in [3.63, 3.8) is 0 Å². The fourth-order valence-corrected chi connectivity index (χ4v) is 8.69. The van der Waals surface area contributed by atoms with Crippen LogP contribution in [0.4, 0.5) is 5.69 Å². The molecule has 1 aliphatic heterocycles. The highest BCUT2D eigenvalue weighted by molar-refractivity contribution is 8.68. The van der Waals surface area contributed by atoms with E-state index in [9.17, 15) is 10.1 Å². The summed E-state index contributed by atoms with van der Waals surface area (Å²) in [5.74, 6) is 0.474. The lowest BCUT2D eigenvalue weighted by atomic mass is 10.0. The van der Waals surface area contributed by atoms with Crippen LogP contribution in [0.1, 0.15) is 22.5 Å². The minimum absolute atomic E-state index is 0.00693. The molecule has 1 fully saturated rings. The summed E-state index contributed by atoms with van der Waals surface area (Å²) >= 11 is 7.31. The number of nitrogens with zero attached hydrogens (tertiary/aromatic N) is 1. The third-order valence-corrected chi connectivity index (χ3v) is 9.40. The molecule has 1 saturated heterocycles. The SMILES string of the molecule is O=[N+]([O-])c1ccc(OP2(=S)O[C@H](c3ccccc3)[C@H](c3ccccc3)S2)cc1. The zero-order valence-corrected chi connectivity index (χ0v) is 17.1. The van der Waals surface area contributed by atoms with Crippen molar-refractivity contribution in [2.75, 3.05) is 0 Å². The maximum Gasteiger partial charge on any atom is 0.298 e. The Hall–Kier alpha value is -2.18. The third-order valence-electron chi connectivity index (χ3n) is 4.28. The Kier molecular flexibility index (Phi) is 5.51. The second-order valence-corrected chi connectivity index (χ2v) is 12.4. The Morgan fingerprint density at radius 3 is 2.07 bits per heavy atom. The first-order valence-corrected chi connectivity index (χ1v) is 12.7. The Balaban J connectivity index is 1.63. The number of nitro benzene ring substituents is 1. The molecule has 4 rings (SSSR count). The maximum absolute atomic E-state index is 10.8. The molecule has 8 heteroatoms. The minimum Gasteiger partial charge on any atom is -0.436 e. The molecular weight excluding hydrogens is 413 g/mol. The average molecular weight is 429 g/mol. The second-order valence-electron chi connectivity index (χ2n) is 6.16. The molecule has 0 bridgehead atoms. The van der Waals surface area contributed by atoms with E-state index in [1.165, 1.54) is 23.5 Å². The normalized spacial score (nSPS) is 24.0. The van der Waals surface area contributed by atoms with Gasteiger partial charge in [0.1, 0.15) is 11.9 Å². The van der Waals surface area contributed by atoms with Crippen molar-refractivity contribution >= 4 is 34.6 Å². The van der Waals surface area contributed by atoms with Gasteiger partial charge in [-0.25, -0.2) is 0 Å². The molecule has 5 nitrogen and oxygen atoms in total. The number of benzene rings is 3. The van der Waals surface area contributed by atoms with Gasteiger partial charge in [-0.05, 0) is 46.4 Å². The van der Waals surface area contributed by atoms with Crippen LogP contribution in [0.5, 0.6) is 5.75 Å². The lowest BCUT2D eigenvalue weighted by molar-refractivity contribution is -0.384. The summed E-state index contributed by atoms with van der Waals surface area (Å²) in [7, 11) is 0. The first-order valence-electron chi connectivity index (χ1n) is 8.55. The van der Waals surface area contributed by atoms with Gasteiger partial charge in [-0.2, -0.15) is 0 Å². The zero-order valence-electron chi connectivity index (χ0n) is 14.6. The lowest BCUT2D eigenvalue weighted by Gasteiger charge is -2.18. The van der Waals surface area contributed by atoms with Crippen LogP contribution in [-0.4, -0.2) is 4.92 Å². The van der Waals surface area contributed by atoms with Crippen molar-refractivity contribution in [3.8, 4) is 5.75 Å². The fraction of sp³-hybridized carbons (Fsp3) is 0.100. The Bertz CT molecular complexity index is 964. The van der Waals surface area contributed by atoms with Crippen LogP contribution in [-0.2, 0) is 16.3 Å². The molecule has 0 aliphatic carbocycles. The van der Waals surface area contributed by atoms with Crippen LogP contribution in [0.25, 0.3) is 0 Å². The van der Waals surface area contributed by atoms with E-state index in [1.807, 2.05) is 48.5 Å². The van der Waals surface area contributed by atoms with Crippen molar-refractivity contribution in [3.05, 3.63) is 106 Å². The Labute approximate surface area is 171 Å². The first-order chi connectivity index (χ1) is 13.5. The Morgan fingerprint density at radius 1 is 0.929 bits per heavy atom. The number of non-ortho nitro benzene ring substituents is 1. The number of hydrogen-bond acceptors (Lipinski definition) is 6. The summed E-state index contributed by atoms with van der Waals surface area (Å²) in [6, 6.07) is 26.0. The topological polar surface area (TPSA) is 61.6 Å². The Morgan fingerprint density at radius 2 is 1.50 bits per heavy atom. The summed E-state index contributed by atoms with van der Waals surface area (Å²) in [4.78, 5) is 10.4. The van der Waals surface area contributed by atoms with Crippen molar-refractivity contribution < 1.29 is 14.0 Å². The first kappa shape index (κ1) is 19.2. The van der Waals surface area contributed by atoms with Gasteiger partial charge in [-0.1, -0.05) is 60.7 Å². The molecule has 1 heterocycles. The van der Waals surface area contributed by atoms with Crippen molar-refractivity contribution in [2.24, 2.45) is 0 Å². The van der Waals surface area contributed by atoms with Crippen molar-refractivity contribution in [1.82, 2.24) is 0 Å². The molecule has 1 aliphatic rings.